The Balaban J connectivity index is 2.12. The third kappa shape index (κ3) is 3.08. The van der Waals surface area contributed by atoms with Gasteiger partial charge in [0.05, 0.1) is 5.37 Å². The molecule has 0 amide bonds. The van der Waals surface area contributed by atoms with Gasteiger partial charge < -0.3 is 5.11 Å². The van der Waals surface area contributed by atoms with E-state index >= 15 is 0 Å². The van der Waals surface area contributed by atoms with E-state index in [0.29, 0.717) is 6.42 Å². The molecule has 100 valence electrons. The van der Waals surface area contributed by atoms with Gasteiger partial charge in [0, 0.05) is 9.75 Å². The van der Waals surface area contributed by atoms with Crippen molar-refractivity contribution in [1.82, 2.24) is 5.32 Å². The van der Waals surface area contributed by atoms with Gasteiger partial charge in [-0.15, -0.1) is 23.1 Å². The van der Waals surface area contributed by atoms with E-state index in [-0.39, 0.29) is 10.8 Å². The van der Waals surface area contributed by atoms with Crippen LogP contribution in [0.15, 0.2) is 12.1 Å². The molecule has 2 atom stereocenters. The van der Waals surface area contributed by atoms with Crippen LogP contribution in [-0.4, -0.2) is 22.9 Å². The molecule has 18 heavy (non-hydrogen) atoms. The molecule has 1 fully saturated rings. The molecule has 0 aliphatic carbocycles. The van der Waals surface area contributed by atoms with Crippen molar-refractivity contribution < 1.29 is 9.90 Å². The minimum absolute atomic E-state index is 0.126. The lowest BCUT2D eigenvalue weighted by Crippen LogP contribution is -2.41. The highest BCUT2D eigenvalue weighted by molar-refractivity contribution is 7.99. The van der Waals surface area contributed by atoms with E-state index in [0.717, 1.165) is 5.75 Å². The maximum absolute atomic E-state index is 11.0. The van der Waals surface area contributed by atoms with Gasteiger partial charge in [-0.2, -0.15) is 0 Å². The number of carboxylic acid groups (broad SMARTS) is 1. The van der Waals surface area contributed by atoms with Gasteiger partial charge in [-0.1, -0.05) is 20.8 Å². The number of carboxylic acids is 1. The molecule has 0 bridgehead atoms. The number of hydrogen-bond acceptors (Lipinski definition) is 4. The van der Waals surface area contributed by atoms with Crippen LogP contribution in [0.2, 0.25) is 0 Å². The van der Waals surface area contributed by atoms with Gasteiger partial charge in [0.25, 0.3) is 0 Å². The summed E-state index contributed by atoms with van der Waals surface area (Å²) in [5.41, 5.74) is 0.161. The van der Waals surface area contributed by atoms with Gasteiger partial charge >= 0.3 is 5.97 Å². The Kier molecular flexibility index (Phi) is 4.04. The summed E-state index contributed by atoms with van der Waals surface area (Å²) in [4.78, 5) is 13.6. The van der Waals surface area contributed by atoms with E-state index in [9.17, 15) is 4.79 Å². The van der Waals surface area contributed by atoms with Crippen LogP contribution < -0.4 is 5.32 Å². The molecule has 1 aromatic rings. The van der Waals surface area contributed by atoms with Crippen molar-refractivity contribution in [3.8, 4) is 0 Å². The van der Waals surface area contributed by atoms with Gasteiger partial charge in [0.15, 0.2) is 0 Å². The summed E-state index contributed by atoms with van der Waals surface area (Å²) in [6.07, 6.45) is 0.702. The number of nitrogens with one attached hydrogen (secondary N) is 1. The summed E-state index contributed by atoms with van der Waals surface area (Å²) in [5, 5.41) is 12.4. The van der Waals surface area contributed by atoms with Crippen LogP contribution in [0.25, 0.3) is 0 Å². The Morgan fingerprint density at radius 1 is 1.44 bits per heavy atom. The van der Waals surface area contributed by atoms with Crippen LogP contribution in [0.3, 0.4) is 0 Å². The molecule has 1 aliphatic heterocycles. The predicted molar refractivity (Wildman–Crippen MR) is 77.4 cm³/mol. The van der Waals surface area contributed by atoms with Gasteiger partial charge in [-0.25, -0.2) is 0 Å². The number of thioether (sulfide) groups is 1. The van der Waals surface area contributed by atoms with E-state index in [1.165, 1.54) is 9.75 Å². The third-order valence-electron chi connectivity index (χ3n) is 2.97. The zero-order valence-electron chi connectivity index (χ0n) is 10.9. The zero-order chi connectivity index (χ0) is 13.3. The molecule has 2 heterocycles. The molecule has 3 nitrogen and oxygen atoms in total. The second-order valence-electron chi connectivity index (χ2n) is 5.55. The van der Waals surface area contributed by atoms with Crippen molar-refractivity contribution in [1.29, 1.82) is 0 Å². The van der Waals surface area contributed by atoms with Crippen LogP contribution in [0.5, 0.6) is 0 Å². The molecule has 0 saturated carbocycles. The molecular weight excluding hydrogens is 266 g/mol. The Hall–Kier alpha value is -0.520. The molecular formula is C13H19NO2S2. The van der Waals surface area contributed by atoms with Crippen molar-refractivity contribution in [2.75, 3.05) is 5.75 Å². The van der Waals surface area contributed by atoms with Crippen molar-refractivity contribution in [3.05, 3.63) is 21.9 Å². The second-order valence-corrected chi connectivity index (χ2v) is 7.88. The monoisotopic (exact) mass is 285 g/mol. The van der Waals surface area contributed by atoms with E-state index in [1.807, 2.05) is 0 Å². The SMILES string of the molecule is CC(C)(C)c1ccc(C2NC(C(=O)O)CCS2)s1. The topological polar surface area (TPSA) is 49.3 Å². The van der Waals surface area contributed by atoms with E-state index in [1.54, 1.807) is 23.1 Å². The predicted octanol–water partition coefficient (Wildman–Crippen LogP) is 3.22. The summed E-state index contributed by atoms with van der Waals surface area (Å²) < 4.78 is 0. The summed E-state index contributed by atoms with van der Waals surface area (Å²) in [7, 11) is 0. The molecule has 0 aromatic carbocycles. The lowest BCUT2D eigenvalue weighted by atomic mass is 9.95. The quantitative estimate of drug-likeness (QED) is 0.876. The van der Waals surface area contributed by atoms with Gasteiger partial charge in [-0.3, -0.25) is 10.1 Å². The van der Waals surface area contributed by atoms with Crippen molar-refractivity contribution >= 4 is 29.1 Å². The summed E-state index contributed by atoms with van der Waals surface area (Å²) in [5.74, 6) is 0.157. The highest BCUT2D eigenvalue weighted by Gasteiger charge is 2.29. The summed E-state index contributed by atoms with van der Waals surface area (Å²) in [6, 6.07) is 3.88. The van der Waals surface area contributed by atoms with Crippen LogP contribution in [-0.2, 0) is 10.2 Å². The fourth-order valence-corrected chi connectivity index (χ4v) is 4.34. The lowest BCUT2D eigenvalue weighted by molar-refractivity contribution is -0.139. The molecule has 2 unspecified atom stereocenters. The van der Waals surface area contributed by atoms with Crippen LogP contribution in [0, 0.1) is 0 Å². The smallest absolute Gasteiger partial charge is 0.320 e. The normalized spacial score (nSPS) is 25.1. The molecule has 2 rings (SSSR count). The largest absolute Gasteiger partial charge is 0.480 e. The van der Waals surface area contributed by atoms with Crippen LogP contribution in [0.1, 0.15) is 42.3 Å². The number of rotatable bonds is 2. The second kappa shape index (κ2) is 5.23. The van der Waals surface area contributed by atoms with Crippen LogP contribution in [0.4, 0.5) is 0 Å². The minimum Gasteiger partial charge on any atom is -0.480 e. The standard InChI is InChI=1S/C13H19NO2S2/c1-13(2,3)10-5-4-9(18-10)11-14-8(12(15)16)6-7-17-11/h4-5,8,11,14H,6-7H2,1-3H3,(H,15,16). The number of aliphatic carboxylic acids is 1. The average Bonchev–Trinajstić information content (AvgIpc) is 2.78. The zero-order valence-corrected chi connectivity index (χ0v) is 12.5. The van der Waals surface area contributed by atoms with Crippen molar-refractivity contribution in [2.45, 2.75) is 44.0 Å². The third-order valence-corrected chi connectivity index (χ3v) is 5.89. The van der Waals surface area contributed by atoms with E-state index in [2.05, 4.69) is 38.2 Å². The summed E-state index contributed by atoms with van der Waals surface area (Å²) >= 11 is 3.58. The Morgan fingerprint density at radius 3 is 2.72 bits per heavy atom. The minimum atomic E-state index is -0.743. The van der Waals surface area contributed by atoms with Crippen molar-refractivity contribution in [3.63, 3.8) is 0 Å². The van der Waals surface area contributed by atoms with Crippen molar-refractivity contribution in [2.24, 2.45) is 0 Å². The maximum atomic E-state index is 11.0. The Morgan fingerprint density at radius 2 is 2.17 bits per heavy atom. The molecule has 1 aliphatic rings. The fourth-order valence-electron chi connectivity index (χ4n) is 1.87. The first kappa shape index (κ1) is 13.9. The first-order chi connectivity index (χ1) is 8.38. The molecule has 1 saturated heterocycles. The first-order valence-corrected chi connectivity index (χ1v) is 7.95. The molecule has 1 aromatic heterocycles. The van der Waals surface area contributed by atoms with Crippen LogP contribution >= 0.6 is 23.1 Å². The highest BCUT2D eigenvalue weighted by Crippen LogP contribution is 2.38. The highest BCUT2D eigenvalue weighted by atomic mass is 32.2. The van der Waals surface area contributed by atoms with E-state index in [4.69, 9.17) is 5.11 Å². The molecule has 0 spiro atoms. The summed E-state index contributed by atoms with van der Waals surface area (Å²) in [6.45, 7) is 6.60. The number of carbonyl (C=O) groups is 1. The molecule has 5 heteroatoms. The first-order valence-electron chi connectivity index (χ1n) is 6.08. The Bertz CT molecular complexity index is 436. The Labute approximate surface area is 116 Å². The van der Waals surface area contributed by atoms with Gasteiger partial charge in [0.2, 0.25) is 0 Å². The maximum Gasteiger partial charge on any atom is 0.320 e. The number of hydrogen-bond donors (Lipinski definition) is 2. The van der Waals surface area contributed by atoms with E-state index < -0.39 is 12.0 Å². The fraction of sp³-hybridized carbons (Fsp3) is 0.615. The average molecular weight is 285 g/mol. The van der Waals surface area contributed by atoms with Gasteiger partial charge in [0.1, 0.15) is 6.04 Å². The molecule has 2 N–H and O–H groups in total. The lowest BCUT2D eigenvalue weighted by Gasteiger charge is -2.27. The van der Waals surface area contributed by atoms with Gasteiger partial charge in [-0.05, 0) is 29.7 Å². The number of thiophene rings is 1. The molecule has 0 radical (unpaired) electrons.